The van der Waals surface area contributed by atoms with Crippen molar-refractivity contribution < 1.29 is 9.84 Å². The van der Waals surface area contributed by atoms with Crippen LogP contribution in [0.4, 0.5) is 0 Å². The first kappa shape index (κ1) is 12.6. The number of aliphatic hydroxyl groups is 1. The Morgan fingerprint density at radius 2 is 2.06 bits per heavy atom. The fourth-order valence-electron chi connectivity index (χ4n) is 2.22. The SMILES string of the molecule is CC1(C)COCCN1CC(O)c1ccccc1. The van der Waals surface area contributed by atoms with Crippen LogP contribution in [0.15, 0.2) is 30.3 Å². The summed E-state index contributed by atoms with van der Waals surface area (Å²) in [4.78, 5) is 2.30. The maximum Gasteiger partial charge on any atom is 0.0917 e. The molecule has 1 atom stereocenters. The van der Waals surface area contributed by atoms with E-state index in [0.717, 1.165) is 25.3 Å². The Balaban J connectivity index is 2.00. The number of morpholine rings is 1. The second kappa shape index (κ2) is 5.17. The van der Waals surface area contributed by atoms with E-state index in [4.69, 9.17) is 4.74 Å². The van der Waals surface area contributed by atoms with Gasteiger partial charge in [0.15, 0.2) is 0 Å². The molecule has 1 aromatic carbocycles. The van der Waals surface area contributed by atoms with E-state index in [1.54, 1.807) is 0 Å². The lowest BCUT2D eigenvalue weighted by Gasteiger charge is -2.43. The normalized spacial score (nSPS) is 22.3. The quantitative estimate of drug-likeness (QED) is 0.867. The highest BCUT2D eigenvalue weighted by atomic mass is 16.5. The molecule has 1 aliphatic rings. The van der Waals surface area contributed by atoms with Crippen LogP contribution < -0.4 is 0 Å². The van der Waals surface area contributed by atoms with Crippen LogP contribution in [-0.2, 0) is 4.74 Å². The van der Waals surface area contributed by atoms with Gasteiger partial charge in [0.1, 0.15) is 0 Å². The lowest BCUT2D eigenvalue weighted by atomic mass is 10.0. The number of β-amino-alcohol motifs (C(OH)–C–C–N with tert-alkyl or cyclic N) is 1. The Labute approximate surface area is 103 Å². The van der Waals surface area contributed by atoms with E-state index in [1.165, 1.54) is 0 Å². The van der Waals surface area contributed by atoms with E-state index in [-0.39, 0.29) is 5.54 Å². The summed E-state index contributed by atoms with van der Waals surface area (Å²) in [5.74, 6) is 0. The molecule has 0 radical (unpaired) electrons. The highest BCUT2D eigenvalue weighted by Crippen LogP contribution is 2.23. The third-order valence-electron chi connectivity index (χ3n) is 3.39. The molecule has 1 saturated heterocycles. The standard InChI is InChI=1S/C14H21NO2/c1-14(2)11-17-9-8-15(14)10-13(16)12-6-4-3-5-7-12/h3-7,13,16H,8-11H2,1-2H3. The second-order valence-electron chi connectivity index (χ2n) is 5.24. The molecule has 0 bridgehead atoms. The molecule has 0 saturated carbocycles. The molecule has 1 unspecified atom stereocenters. The van der Waals surface area contributed by atoms with Crippen LogP contribution in [0.5, 0.6) is 0 Å². The van der Waals surface area contributed by atoms with Crippen LogP contribution in [-0.4, -0.2) is 41.8 Å². The predicted molar refractivity (Wildman–Crippen MR) is 67.9 cm³/mol. The smallest absolute Gasteiger partial charge is 0.0917 e. The van der Waals surface area contributed by atoms with Crippen LogP contribution in [0.25, 0.3) is 0 Å². The zero-order valence-corrected chi connectivity index (χ0v) is 10.6. The van der Waals surface area contributed by atoms with Gasteiger partial charge in [0.2, 0.25) is 0 Å². The Morgan fingerprint density at radius 3 is 2.71 bits per heavy atom. The highest BCUT2D eigenvalue weighted by molar-refractivity contribution is 5.17. The van der Waals surface area contributed by atoms with Gasteiger partial charge < -0.3 is 9.84 Å². The molecular weight excluding hydrogens is 214 g/mol. The van der Waals surface area contributed by atoms with Crippen molar-refractivity contribution in [3.8, 4) is 0 Å². The van der Waals surface area contributed by atoms with Gasteiger partial charge in [0.05, 0.1) is 19.3 Å². The van der Waals surface area contributed by atoms with E-state index < -0.39 is 6.10 Å². The summed E-state index contributed by atoms with van der Waals surface area (Å²) in [7, 11) is 0. The summed E-state index contributed by atoms with van der Waals surface area (Å²) in [6.45, 7) is 7.35. The first-order valence-corrected chi connectivity index (χ1v) is 6.15. The number of benzene rings is 1. The van der Waals surface area contributed by atoms with E-state index >= 15 is 0 Å². The summed E-state index contributed by atoms with van der Waals surface area (Å²) >= 11 is 0. The number of hydrogen-bond donors (Lipinski definition) is 1. The van der Waals surface area contributed by atoms with Gasteiger partial charge in [-0.3, -0.25) is 4.90 Å². The van der Waals surface area contributed by atoms with Crippen molar-refractivity contribution in [2.45, 2.75) is 25.5 Å². The molecule has 1 aliphatic heterocycles. The van der Waals surface area contributed by atoms with Gasteiger partial charge in [0.25, 0.3) is 0 Å². The number of hydrogen-bond acceptors (Lipinski definition) is 3. The molecular formula is C14H21NO2. The first-order chi connectivity index (χ1) is 8.09. The predicted octanol–water partition coefficient (Wildman–Crippen LogP) is 1.83. The Bertz CT molecular complexity index is 350. The summed E-state index contributed by atoms with van der Waals surface area (Å²) in [5, 5.41) is 10.2. The highest BCUT2D eigenvalue weighted by Gasteiger charge is 2.31. The summed E-state index contributed by atoms with van der Waals surface area (Å²) in [6, 6.07) is 9.83. The fourth-order valence-corrected chi connectivity index (χ4v) is 2.22. The van der Waals surface area contributed by atoms with Crippen LogP contribution >= 0.6 is 0 Å². The minimum Gasteiger partial charge on any atom is -0.387 e. The molecule has 17 heavy (non-hydrogen) atoms. The van der Waals surface area contributed by atoms with Crippen molar-refractivity contribution in [1.82, 2.24) is 4.90 Å². The van der Waals surface area contributed by atoms with E-state index in [2.05, 4.69) is 18.7 Å². The van der Waals surface area contributed by atoms with Gasteiger partial charge in [-0.05, 0) is 19.4 Å². The van der Waals surface area contributed by atoms with Gasteiger partial charge in [-0.1, -0.05) is 30.3 Å². The average molecular weight is 235 g/mol. The Kier molecular flexibility index (Phi) is 3.82. The van der Waals surface area contributed by atoms with Crippen LogP contribution in [0, 0.1) is 0 Å². The fraction of sp³-hybridized carbons (Fsp3) is 0.571. The first-order valence-electron chi connectivity index (χ1n) is 6.15. The monoisotopic (exact) mass is 235 g/mol. The number of rotatable bonds is 3. The van der Waals surface area contributed by atoms with Gasteiger partial charge in [0, 0.05) is 18.6 Å². The molecule has 0 aliphatic carbocycles. The summed E-state index contributed by atoms with van der Waals surface area (Å²) < 4.78 is 5.48. The molecule has 1 heterocycles. The minimum absolute atomic E-state index is 0.00795. The molecule has 0 aromatic heterocycles. The number of ether oxygens (including phenoxy) is 1. The van der Waals surface area contributed by atoms with Crippen LogP contribution in [0.1, 0.15) is 25.5 Å². The van der Waals surface area contributed by atoms with Gasteiger partial charge in [-0.2, -0.15) is 0 Å². The van der Waals surface area contributed by atoms with Crippen molar-refractivity contribution in [3.05, 3.63) is 35.9 Å². The molecule has 1 N–H and O–H groups in total. The maximum absolute atomic E-state index is 10.2. The molecule has 2 rings (SSSR count). The number of aliphatic hydroxyl groups excluding tert-OH is 1. The second-order valence-corrected chi connectivity index (χ2v) is 5.24. The Hall–Kier alpha value is -0.900. The van der Waals surface area contributed by atoms with E-state index in [0.29, 0.717) is 6.54 Å². The summed E-state index contributed by atoms with van der Waals surface area (Å²) in [6.07, 6.45) is -0.423. The van der Waals surface area contributed by atoms with Crippen molar-refractivity contribution >= 4 is 0 Å². The van der Waals surface area contributed by atoms with Gasteiger partial charge in [-0.25, -0.2) is 0 Å². The lowest BCUT2D eigenvalue weighted by Crippen LogP contribution is -2.54. The third kappa shape index (κ3) is 3.06. The summed E-state index contributed by atoms with van der Waals surface area (Å²) in [5.41, 5.74) is 0.989. The molecule has 3 nitrogen and oxygen atoms in total. The van der Waals surface area contributed by atoms with Gasteiger partial charge in [-0.15, -0.1) is 0 Å². The van der Waals surface area contributed by atoms with Crippen LogP contribution in [0.3, 0.4) is 0 Å². The molecule has 3 heteroatoms. The Morgan fingerprint density at radius 1 is 1.35 bits per heavy atom. The van der Waals surface area contributed by atoms with Crippen molar-refractivity contribution in [1.29, 1.82) is 0 Å². The van der Waals surface area contributed by atoms with Gasteiger partial charge >= 0.3 is 0 Å². The average Bonchev–Trinajstić information content (AvgIpc) is 2.33. The largest absolute Gasteiger partial charge is 0.387 e. The van der Waals surface area contributed by atoms with Crippen molar-refractivity contribution in [2.24, 2.45) is 0 Å². The third-order valence-corrected chi connectivity index (χ3v) is 3.39. The molecule has 0 amide bonds. The molecule has 94 valence electrons. The minimum atomic E-state index is -0.423. The zero-order chi connectivity index (χ0) is 12.3. The van der Waals surface area contributed by atoms with E-state index in [1.807, 2.05) is 30.3 Å². The molecule has 1 fully saturated rings. The van der Waals surface area contributed by atoms with E-state index in [9.17, 15) is 5.11 Å². The zero-order valence-electron chi connectivity index (χ0n) is 10.6. The topological polar surface area (TPSA) is 32.7 Å². The lowest BCUT2D eigenvalue weighted by molar-refractivity contribution is -0.0667. The number of nitrogens with zero attached hydrogens (tertiary/aromatic N) is 1. The van der Waals surface area contributed by atoms with Crippen molar-refractivity contribution in [2.75, 3.05) is 26.3 Å². The van der Waals surface area contributed by atoms with Crippen LogP contribution in [0.2, 0.25) is 0 Å². The molecule has 0 spiro atoms. The molecule has 1 aromatic rings. The van der Waals surface area contributed by atoms with Crippen molar-refractivity contribution in [3.63, 3.8) is 0 Å². The maximum atomic E-state index is 10.2.